The molecule has 1 aromatic carbocycles. The number of amides is 1. The molecule has 0 saturated carbocycles. The van der Waals surface area contributed by atoms with Crippen molar-refractivity contribution in [2.45, 2.75) is 11.3 Å². The Morgan fingerprint density at radius 2 is 1.91 bits per heavy atom. The van der Waals surface area contributed by atoms with Crippen molar-refractivity contribution in [3.05, 3.63) is 23.2 Å². The Morgan fingerprint density at radius 1 is 1.17 bits per heavy atom. The van der Waals surface area contributed by atoms with Gasteiger partial charge in [0, 0.05) is 26.2 Å². The molecule has 1 aromatic rings. The summed E-state index contributed by atoms with van der Waals surface area (Å²) in [4.78, 5) is 13.2. The first-order valence-electron chi connectivity index (χ1n) is 7.06. The number of carbonyl (C=O) groups is 1. The smallest absolute Gasteiger partial charge is 0.409 e. The number of carbonyl (C=O) groups excluding carboxylic acids is 1. The van der Waals surface area contributed by atoms with Crippen LogP contribution in [0.2, 0.25) is 5.02 Å². The summed E-state index contributed by atoms with van der Waals surface area (Å²) >= 11 is 6.01. The second-order valence-corrected chi connectivity index (χ2v) is 7.36. The zero-order valence-corrected chi connectivity index (χ0v) is 14.6. The van der Waals surface area contributed by atoms with E-state index in [1.807, 2.05) is 0 Å². The Morgan fingerprint density at radius 3 is 2.52 bits per heavy atom. The Hall–Kier alpha value is -1.51. The van der Waals surface area contributed by atoms with Crippen molar-refractivity contribution >= 4 is 27.7 Å². The highest BCUT2D eigenvalue weighted by Crippen LogP contribution is 2.28. The third-order valence-corrected chi connectivity index (χ3v) is 5.84. The van der Waals surface area contributed by atoms with Gasteiger partial charge >= 0.3 is 6.09 Å². The van der Waals surface area contributed by atoms with Crippen LogP contribution < -0.4 is 4.74 Å². The summed E-state index contributed by atoms with van der Waals surface area (Å²) < 4.78 is 36.5. The molecule has 0 aliphatic carbocycles. The van der Waals surface area contributed by atoms with Gasteiger partial charge in [0.1, 0.15) is 5.75 Å². The molecule has 2 rings (SSSR count). The van der Waals surface area contributed by atoms with E-state index in [1.165, 1.54) is 41.6 Å². The first-order chi connectivity index (χ1) is 10.9. The summed E-state index contributed by atoms with van der Waals surface area (Å²) in [5.74, 6) is 0.415. The normalized spacial score (nSPS) is 16.7. The van der Waals surface area contributed by atoms with Gasteiger partial charge in [-0.2, -0.15) is 4.31 Å². The van der Waals surface area contributed by atoms with Gasteiger partial charge in [-0.05, 0) is 24.6 Å². The summed E-state index contributed by atoms with van der Waals surface area (Å²) in [5, 5.41) is 0.236. The molecule has 0 spiro atoms. The molecule has 1 heterocycles. The van der Waals surface area contributed by atoms with E-state index in [-0.39, 0.29) is 23.0 Å². The maximum atomic E-state index is 12.7. The molecule has 0 unspecified atom stereocenters. The van der Waals surface area contributed by atoms with Crippen molar-refractivity contribution in [1.29, 1.82) is 0 Å². The summed E-state index contributed by atoms with van der Waals surface area (Å²) in [6, 6.07) is 4.36. The number of rotatable bonds is 3. The average molecular weight is 363 g/mol. The topological polar surface area (TPSA) is 76.2 Å². The van der Waals surface area contributed by atoms with Crippen molar-refractivity contribution in [2.75, 3.05) is 40.4 Å². The van der Waals surface area contributed by atoms with Crippen LogP contribution in [0.5, 0.6) is 5.75 Å². The van der Waals surface area contributed by atoms with Crippen molar-refractivity contribution in [2.24, 2.45) is 0 Å². The molecule has 1 aliphatic rings. The summed E-state index contributed by atoms with van der Waals surface area (Å²) in [6.45, 7) is 1.29. The minimum Gasteiger partial charge on any atom is -0.495 e. The molecule has 1 fully saturated rings. The second-order valence-electron chi connectivity index (χ2n) is 5.01. The lowest BCUT2D eigenvalue weighted by Gasteiger charge is -2.21. The van der Waals surface area contributed by atoms with Crippen LogP contribution in [0.25, 0.3) is 0 Å². The molecule has 0 N–H and O–H groups in total. The van der Waals surface area contributed by atoms with Crippen molar-refractivity contribution in [3.8, 4) is 5.75 Å². The monoisotopic (exact) mass is 362 g/mol. The average Bonchev–Trinajstić information content (AvgIpc) is 2.80. The Balaban J connectivity index is 2.19. The molecular formula is C14H19ClN2O5S. The van der Waals surface area contributed by atoms with Gasteiger partial charge in [0.2, 0.25) is 10.0 Å². The molecule has 128 valence electrons. The van der Waals surface area contributed by atoms with Gasteiger partial charge < -0.3 is 14.4 Å². The molecule has 23 heavy (non-hydrogen) atoms. The van der Waals surface area contributed by atoms with E-state index in [2.05, 4.69) is 4.74 Å². The number of nitrogens with zero attached hydrogens (tertiary/aromatic N) is 2. The minimum absolute atomic E-state index is 0.106. The van der Waals surface area contributed by atoms with E-state index in [9.17, 15) is 13.2 Å². The van der Waals surface area contributed by atoms with Gasteiger partial charge in [-0.25, -0.2) is 13.2 Å². The first-order valence-corrected chi connectivity index (χ1v) is 8.88. The molecule has 7 nitrogen and oxygen atoms in total. The molecule has 9 heteroatoms. The van der Waals surface area contributed by atoms with Crippen LogP contribution >= 0.6 is 11.6 Å². The predicted molar refractivity (Wildman–Crippen MR) is 85.4 cm³/mol. The summed E-state index contributed by atoms with van der Waals surface area (Å²) in [7, 11) is -0.904. The molecular weight excluding hydrogens is 344 g/mol. The van der Waals surface area contributed by atoms with Crippen LogP contribution in [0.3, 0.4) is 0 Å². The van der Waals surface area contributed by atoms with Crippen molar-refractivity contribution in [1.82, 2.24) is 9.21 Å². The molecule has 1 saturated heterocycles. The van der Waals surface area contributed by atoms with E-state index in [0.29, 0.717) is 25.3 Å². The van der Waals surface area contributed by atoms with E-state index in [0.717, 1.165) is 0 Å². The lowest BCUT2D eigenvalue weighted by molar-refractivity contribution is 0.126. The largest absolute Gasteiger partial charge is 0.495 e. The fraction of sp³-hybridized carbons (Fsp3) is 0.500. The summed E-state index contributed by atoms with van der Waals surface area (Å²) in [5.41, 5.74) is 0. The van der Waals surface area contributed by atoms with Gasteiger partial charge in [0.15, 0.2) is 0 Å². The van der Waals surface area contributed by atoms with Crippen LogP contribution in [0, 0.1) is 0 Å². The fourth-order valence-corrected chi connectivity index (χ4v) is 4.22. The highest BCUT2D eigenvalue weighted by molar-refractivity contribution is 7.89. The summed E-state index contributed by atoms with van der Waals surface area (Å²) in [6.07, 6.45) is 0.0924. The number of ether oxygens (including phenoxy) is 2. The van der Waals surface area contributed by atoms with E-state index >= 15 is 0 Å². The van der Waals surface area contributed by atoms with E-state index < -0.39 is 16.1 Å². The maximum absolute atomic E-state index is 12.7. The van der Waals surface area contributed by atoms with Gasteiger partial charge in [-0.1, -0.05) is 11.6 Å². The zero-order chi connectivity index (χ0) is 17.0. The Bertz CT molecular complexity index is 680. The Kier molecular flexibility index (Phi) is 5.72. The van der Waals surface area contributed by atoms with Crippen molar-refractivity contribution in [3.63, 3.8) is 0 Å². The molecule has 0 bridgehead atoms. The number of hydrogen-bond donors (Lipinski definition) is 0. The second kappa shape index (κ2) is 7.37. The number of methoxy groups -OCH3 is 2. The highest BCUT2D eigenvalue weighted by Gasteiger charge is 2.29. The molecule has 0 aromatic heterocycles. The SMILES string of the molecule is COC(=O)N1CCCN(S(=O)(=O)c2ccc(OC)c(Cl)c2)CC1. The zero-order valence-electron chi connectivity index (χ0n) is 13.0. The molecule has 1 aliphatic heterocycles. The number of benzene rings is 1. The van der Waals surface area contributed by atoms with Crippen LogP contribution in [0.1, 0.15) is 6.42 Å². The van der Waals surface area contributed by atoms with Crippen LogP contribution in [0.15, 0.2) is 23.1 Å². The van der Waals surface area contributed by atoms with Gasteiger partial charge in [-0.3, -0.25) is 0 Å². The van der Waals surface area contributed by atoms with E-state index in [4.69, 9.17) is 16.3 Å². The molecule has 0 radical (unpaired) electrons. The maximum Gasteiger partial charge on any atom is 0.409 e. The quantitative estimate of drug-likeness (QED) is 0.819. The lowest BCUT2D eigenvalue weighted by atomic mass is 10.3. The van der Waals surface area contributed by atoms with E-state index in [1.54, 1.807) is 0 Å². The lowest BCUT2D eigenvalue weighted by Crippen LogP contribution is -2.37. The Labute approximate surface area is 140 Å². The minimum atomic E-state index is -3.67. The van der Waals surface area contributed by atoms with Crippen LogP contribution in [0.4, 0.5) is 4.79 Å². The fourth-order valence-electron chi connectivity index (χ4n) is 2.40. The standard InChI is InChI=1S/C14H19ClN2O5S/c1-21-13-5-4-11(10-12(13)15)23(19,20)17-7-3-6-16(8-9-17)14(18)22-2/h4-5,10H,3,6-9H2,1-2H3. The van der Waals surface area contributed by atoms with Gasteiger partial charge in [0.25, 0.3) is 0 Å². The first kappa shape index (κ1) is 17.8. The third kappa shape index (κ3) is 3.88. The molecule has 0 atom stereocenters. The third-order valence-electron chi connectivity index (χ3n) is 3.65. The predicted octanol–water partition coefficient (Wildman–Crippen LogP) is 1.81. The highest BCUT2D eigenvalue weighted by atomic mass is 35.5. The number of sulfonamides is 1. The number of halogens is 1. The van der Waals surface area contributed by atoms with Gasteiger partial charge in [-0.15, -0.1) is 0 Å². The van der Waals surface area contributed by atoms with Crippen molar-refractivity contribution < 1.29 is 22.7 Å². The van der Waals surface area contributed by atoms with Gasteiger partial charge in [0.05, 0.1) is 24.1 Å². The van der Waals surface area contributed by atoms with Crippen LogP contribution in [-0.2, 0) is 14.8 Å². The number of hydrogen-bond acceptors (Lipinski definition) is 5. The molecule has 1 amide bonds. The van der Waals surface area contributed by atoms with Crippen LogP contribution in [-0.4, -0.2) is 64.1 Å².